The second-order valence-corrected chi connectivity index (χ2v) is 5.78. The van der Waals surface area contributed by atoms with Gasteiger partial charge >= 0.3 is 5.97 Å². The number of carbonyl (C=O) groups excluding carboxylic acids is 1. The zero-order valence-corrected chi connectivity index (χ0v) is 12.1. The zero-order valence-electron chi connectivity index (χ0n) is 12.1. The summed E-state index contributed by atoms with van der Waals surface area (Å²) in [5.74, 6) is -1.20. The predicted molar refractivity (Wildman–Crippen MR) is 78.9 cm³/mol. The van der Waals surface area contributed by atoms with Crippen LogP contribution in [0.3, 0.4) is 0 Å². The fourth-order valence-corrected chi connectivity index (χ4v) is 2.99. The zero-order chi connectivity index (χ0) is 15.5. The number of hydrogen-bond acceptors (Lipinski definition) is 3. The Labute approximate surface area is 124 Å². The van der Waals surface area contributed by atoms with Crippen LogP contribution >= 0.6 is 0 Å². The van der Waals surface area contributed by atoms with Gasteiger partial charge in [-0.15, -0.1) is 0 Å². The molecular formula is C16H21NO4. The minimum Gasteiger partial charge on any atom is -0.481 e. The summed E-state index contributed by atoms with van der Waals surface area (Å²) < 4.78 is 0. The maximum atomic E-state index is 12.2. The normalized spacial score (nSPS) is 18.2. The minimum atomic E-state index is -0.927. The number of carbonyl (C=O) groups is 2. The van der Waals surface area contributed by atoms with E-state index in [2.05, 4.69) is 5.32 Å². The van der Waals surface area contributed by atoms with Gasteiger partial charge in [0.15, 0.2) is 0 Å². The van der Waals surface area contributed by atoms with E-state index in [0.717, 1.165) is 12.8 Å². The molecule has 1 aliphatic rings. The van der Waals surface area contributed by atoms with Gasteiger partial charge in [-0.3, -0.25) is 9.59 Å². The SMILES string of the molecule is CC(O)c1ccccc1NC(=O)CC1(C(=O)O)CCCC1. The first kappa shape index (κ1) is 15.5. The highest BCUT2D eigenvalue weighted by atomic mass is 16.4. The number of aliphatic carboxylic acids is 1. The Morgan fingerprint density at radius 2 is 1.90 bits per heavy atom. The van der Waals surface area contributed by atoms with Gasteiger partial charge in [0, 0.05) is 17.7 Å². The lowest BCUT2D eigenvalue weighted by Crippen LogP contribution is -2.32. The Hall–Kier alpha value is -1.88. The maximum absolute atomic E-state index is 12.2. The third kappa shape index (κ3) is 3.42. The Bertz CT molecular complexity index is 533. The first-order chi connectivity index (χ1) is 9.94. The lowest BCUT2D eigenvalue weighted by atomic mass is 9.82. The Balaban J connectivity index is 2.10. The summed E-state index contributed by atoms with van der Waals surface area (Å²) in [5.41, 5.74) is 0.238. The van der Waals surface area contributed by atoms with E-state index in [-0.39, 0.29) is 12.3 Å². The van der Waals surface area contributed by atoms with Crippen LogP contribution in [0.4, 0.5) is 5.69 Å². The molecule has 1 aliphatic carbocycles. The van der Waals surface area contributed by atoms with Crippen molar-refractivity contribution in [1.29, 1.82) is 0 Å². The van der Waals surface area contributed by atoms with E-state index in [1.54, 1.807) is 31.2 Å². The summed E-state index contributed by atoms with van der Waals surface area (Å²) in [6, 6.07) is 7.00. The molecule has 21 heavy (non-hydrogen) atoms. The molecule has 0 aromatic heterocycles. The lowest BCUT2D eigenvalue weighted by Gasteiger charge is -2.23. The molecule has 0 saturated heterocycles. The summed E-state index contributed by atoms with van der Waals surface area (Å²) in [6.07, 6.45) is 2.09. The molecule has 1 amide bonds. The summed E-state index contributed by atoms with van der Waals surface area (Å²) >= 11 is 0. The second kappa shape index (κ2) is 6.26. The van der Waals surface area contributed by atoms with Crippen molar-refractivity contribution in [3.63, 3.8) is 0 Å². The standard InChI is InChI=1S/C16H21NO4/c1-11(18)12-6-2-3-7-13(12)17-14(19)10-16(15(20)21)8-4-5-9-16/h2-3,6-7,11,18H,4-5,8-10H2,1H3,(H,17,19)(H,20,21). The van der Waals surface area contributed by atoms with E-state index in [9.17, 15) is 19.8 Å². The summed E-state index contributed by atoms with van der Waals surface area (Å²) in [7, 11) is 0. The molecule has 114 valence electrons. The van der Waals surface area contributed by atoms with Crippen molar-refractivity contribution in [2.24, 2.45) is 5.41 Å². The summed E-state index contributed by atoms with van der Waals surface area (Å²) in [6.45, 7) is 1.63. The van der Waals surface area contributed by atoms with Gasteiger partial charge in [-0.05, 0) is 25.8 Å². The molecule has 2 rings (SSSR count). The van der Waals surface area contributed by atoms with Crippen LogP contribution in [0.5, 0.6) is 0 Å². The van der Waals surface area contributed by atoms with Crippen molar-refractivity contribution in [2.45, 2.75) is 45.1 Å². The number of para-hydroxylation sites is 1. The average Bonchev–Trinajstić information content (AvgIpc) is 2.88. The number of benzene rings is 1. The van der Waals surface area contributed by atoms with Crippen LogP contribution in [0, 0.1) is 5.41 Å². The van der Waals surface area contributed by atoms with Gasteiger partial charge in [0.1, 0.15) is 0 Å². The van der Waals surface area contributed by atoms with Crippen LogP contribution in [-0.4, -0.2) is 22.1 Å². The van der Waals surface area contributed by atoms with E-state index in [4.69, 9.17) is 0 Å². The number of amides is 1. The van der Waals surface area contributed by atoms with Gasteiger partial charge in [0.25, 0.3) is 0 Å². The molecular weight excluding hydrogens is 270 g/mol. The molecule has 0 heterocycles. The minimum absolute atomic E-state index is 0.0174. The van der Waals surface area contributed by atoms with E-state index < -0.39 is 17.5 Å². The molecule has 5 nitrogen and oxygen atoms in total. The molecule has 1 saturated carbocycles. The van der Waals surface area contributed by atoms with Crippen LogP contribution in [0.25, 0.3) is 0 Å². The fraction of sp³-hybridized carbons (Fsp3) is 0.500. The highest BCUT2D eigenvalue weighted by molar-refractivity contribution is 5.95. The summed E-state index contributed by atoms with van der Waals surface area (Å²) in [4.78, 5) is 23.7. The monoisotopic (exact) mass is 291 g/mol. The molecule has 5 heteroatoms. The molecule has 1 unspecified atom stereocenters. The van der Waals surface area contributed by atoms with Gasteiger partial charge < -0.3 is 15.5 Å². The van der Waals surface area contributed by atoms with Crippen molar-refractivity contribution in [3.05, 3.63) is 29.8 Å². The number of hydrogen-bond donors (Lipinski definition) is 3. The van der Waals surface area contributed by atoms with Crippen molar-refractivity contribution < 1.29 is 19.8 Å². The number of anilines is 1. The van der Waals surface area contributed by atoms with Gasteiger partial charge in [-0.25, -0.2) is 0 Å². The molecule has 0 bridgehead atoms. The Kier molecular flexibility index (Phi) is 4.63. The van der Waals surface area contributed by atoms with Crippen LogP contribution in [0.15, 0.2) is 24.3 Å². The maximum Gasteiger partial charge on any atom is 0.310 e. The number of rotatable bonds is 5. The Morgan fingerprint density at radius 3 is 2.48 bits per heavy atom. The third-order valence-corrected chi connectivity index (χ3v) is 4.20. The highest BCUT2D eigenvalue weighted by Crippen LogP contribution is 2.41. The van der Waals surface area contributed by atoms with E-state index in [1.165, 1.54) is 0 Å². The van der Waals surface area contributed by atoms with Crippen molar-refractivity contribution >= 4 is 17.6 Å². The predicted octanol–water partition coefficient (Wildman–Crippen LogP) is 2.71. The molecule has 1 aromatic carbocycles. The molecule has 1 fully saturated rings. The van der Waals surface area contributed by atoms with E-state index in [1.807, 2.05) is 0 Å². The summed E-state index contributed by atoms with van der Waals surface area (Å²) in [5, 5.41) is 21.8. The lowest BCUT2D eigenvalue weighted by molar-refractivity contribution is -0.150. The molecule has 0 aliphatic heterocycles. The quantitative estimate of drug-likeness (QED) is 0.778. The van der Waals surface area contributed by atoms with Crippen molar-refractivity contribution in [1.82, 2.24) is 0 Å². The van der Waals surface area contributed by atoms with E-state index in [0.29, 0.717) is 24.1 Å². The number of aliphatic hydroxyl groups is 1. The van der Waals surface area contributed by atoms with Crippen LogP contribution in [-0.2, 0) is 9.59 Å². The molecule has 0 spiro atoms. The molecule has 3 N–H and O–H groups in total. The topological polar surface area (TPSA) is 86.6 Å². The fourth-order valence-electron chi connectivity index (χ4n) is 2.99. The van der Waals surface area contributed by atoms with Crippen molar-refractivity contribution in [3.8, 4) is 0 Å². The smallest absolute Gasteiger partial charge is 0.310 e. The number of aliphatic hydroxyl groups excluding tert-OH is 1. The second-order valence-electron chi connectivity index (χ2n) is 5.78. The number of carboxylic acid groups (broad SMARTS) is 1. The highest BCUT2D eigenvalue weighted by Gasteiger charge is 2.43. The Morgan fingerprint density at radius 1 is 1.29 bits per heavy atom. The van der Waals surface area contributed by atoms with Crippen LogP contribution < -0.4 is 5.32 Å². The largest absolute Gasteiger partial charge is 0.481 e. The van der Waals surface area contributed by atoms with Crippen molar-refractivity contribution in [2.75, 3.05) is 5.32 Å². The molecule has 0 radical (unpaired) electrons. The van der Waals surface area contributed by atoms with Gasteiger partial charge in [0.05, 0.1) is 11.5 Å². The first-order valence-electron chi connectivity index (χ1n) is 7.25. The molecule has 1 atom stereocenters. The van der Waals surface area contributed by atoms with Gasteiger partial charge in [0.2, 0.25) is 5.91 Å². The average molecular weight is 291 g/mol. The van der Waals surface area contributed by atoms with E-state index >= 15 is 0 Å². The van der Waals surface area contributed by atoms with Crippen LogP contribution in [0.1, 0.15) is 50.7 Å². The van der Waals surface area contributed by atoms with Gasteiger partial charge in [-0.2, -0.15) is 0 Å². The van der Waals surface area contributed by atoms with Gasteiger partial charge in [-0.1, -0.05) is 31.0 Å². The third-order valence-electron chi connectivity index (χ3n) is 4.20. The first-order valence-corrected chi connectivity index (χ1v) is 7.25. The van der Waals surface area contributed by atoms with Crippen LogP contribution in [0.2, 0.25) is 0 Å². The number of carboxylic acids is 1. The number of nitrogens with one attached hydrogen (secondary N) is 1. The molecule has 1 aromatic rings.